The Balaban J connectivity index is 1.43. The van der Waals surface area contributed by atoms with Gasteiger partial charge in [-0.1, -0.05) is 36.4 Å². The average molecular weight is 480 g/mol. The molecule has 6 nitrogen and oxygen atoms in total. The van der Waals surface area contributed by atoms with E-state index in [0.29, 0.717) is 29.7 Å². The minimum Gasteiger partial charge on any atom is -0.475 e. The number of alkyl halides is 3. The number of halogens is 3. The van der Waals surface area contributed by atoms with Crippen molar-refractivity contribution in [1.29, 1.82) is 0 Å². The minimum atomic E-state index is -4.46. The molecular weight excluding hydrogens is 457 g/mol. The Hall–Kier alpha value is -3.88. The summed E-state index contributed by atoms with van der Waals surface area (Å²) in [6, 6.07) is 17.3. The summed E-state index contributed by atoms with van der Waals surface area (Å²) in [5, 5.41) is 4.68. The second-order valence-electron chi connectivity index (χ2n) is 8.85. The first kappa shape index (κ1) is 22.9. The van der Waals surface area contributed by atoms with Crippen molar-refractivity contribution >= 4 is 11.4 Å². The van der Waals surface area contributed by atoms with Gasteiger partial charge in [-0.05, 0) is 38.0 Å². The SMILES string of the molecule is C[C@@]1(COc2ccc(C(F)(F)F)cn2)CCCN1C(=O)c1c(-c2ccccc2)nn2ccccc12. The molecule has 0 aliphatic carbocycles. The van der Waals surface area contributed by atoms with Crippen LogP contribution >= 0.6 is 0 Å². The summed E-state index contributed by atoms with van der Waals surface area (Å²) in [7, 11) is 0. The molecule has 180 valence electrons. The van der Waals surface area contributed by atoms with Crippen LogP contribution in [-0.2, 0) is 6.18 Å². The number of hydrogen-bond donors (Lipinski definition) is 0. The summed E-state index contributed by atoms with van der Waals surface area (Å²) in [5.74, 6) is -0.0755. The molecular formula is C26H23F3N4O2. The van der Waals surface area contributed by atoms with Gasteiger partial charge in [-0.25, -0.2) is 9.50 Å². The second kappa shape index (κ2) is 8.72. The fourth-order valence-corrected chi connectivity index (χ4v) is 4.53. The first-order valence-corrected chi connectivity index (χ1v) is 11.3. The number of nitrogens with zero attached hydrogens (tertiary/aromatic N) is 4. The Morgan fingerprint density at radius 2 is 1.86 bits per heavy atom. The van der Waals surface area contributed by atoms with Crippen molar-refractivity contribution in [3.63, 3.8) is 0 Å². The number of hydrogen-bond acceptors (Lipinski definition) is 4. The Bertz CT molecular complexity index is 1350. The van der Waals surface area contributed by atoms with Crippen molar-refractivity contribution in [3.8, 4) is 17.1 Å². The van der Waals surface area contributed by atoms with Crippen LogP contribution in [0.15, 0.2) is 73.1 Å². The molecule has 3 aromatic heterocycles. The molecule has 0 spiro atoms. The van der Waals surface area contributed by atoms with Gasteiger partial charge >= 0.3 is 6.18 Å². The number of carbonyl (C=O) groups is 1. The van der Waals surface area contributed by atoms with Crippen LogP contribution in [0.2, 0.25) is 0 Å². The number of pyridine rings is 2. The van der Waals surface area contributed by atoms with Crippen molar-refractivity contribution < 1.29 is 22.7 Å². The van der Waals surface area contributed by atoms with Gasteiger partial charge in [0.15, 0.2) is 0 Å². The average Bonchev–Trinajstić information content (AvgIpc) is 3.44. The van der Waals surface area contributed by atoms with Gasteiger partial charge in [-0.15, -0.1) is 0 Å². The highest BCUT2D eigenvalue weighted by atomic mass is 19.4. The lowest BCUT2D eigenvalue weighted by Gasteiger charge is -2.35. The van der Waals surface area contributed by atoms with Gasteiger partial charge in [0.2, 0.25) is 5.88 Å². The van der Waals surface area contributed by atoms with Crippen LogP contribution < -0.4 is 4.74 Å². The molecule has 0 unspecified atom stereocenters. The molecule has 1 atom stereocenters. The van der Waals surface area contributed by atoms with E-state index >= 15 is 0 Å². The lowest BCUT2D eigenvalue weighted by atomic mass is 9.98. The second-order valence-corrected chi connectivity index (χ2v) is 8.85. The molecule has 0 saturated carbocycles. The van der Waals surface area contributed by atoms with Gasteiger partial charge in [0.1, 0.15) is 12.3 Å². The van der Waals surface area contributed by atoms with E-state index in [1.165, 1.54) is 6.07 Å². The van der Waals surface area contributed by atoms with E-state index in [-0.39, 0.29) is 18.4 Å². The van der Waals surface area contributed by atoms with E-state index in [1.54, 1.807) is 15.6 Å². The van der Waals surface area contributed by atoms with Crippen LogP contribution in [0.3, 0.4) is 0 Å². The predicted octanol–water partition coefficient (Wildman–Crippen LogP) is 5.49. The number of rotatable bonds is 5. The topological polar surface area (TPSA) is 59.7 Å². The van der Waals surface area contributed by atoms with Crippen molar-refractivity contribution in [2.24, 2.45) is 0 Å². The van der Waals surface area contributed by atoms with Gasteiger partial charge in [0, 0.05) is 30.6 Å². The zero-order valence-electron chi connectivity index (χ0n) is 19.0. The van der Waals surface area contributed by atoms with E-state index in [0.717, 1.165) is 24.2 Å². The summed E-state index contributed by atoms with van der Waals surface area (Å²) in [6.07, 6.45) is -0.427. The Morgan fingerprint density at radius 1 is 1.09 bits per heavy atom. The smallest absolute Gasteiger partial charge is 0.417 e. The summed E-state index contributed by atoms with van der Waals surface area (Å²) >= 11 is 0. The highest BCUT2D eigenvalue weighted by Crippen LogP contribution is 2.35. The molecule has 1 saturated heterocycles. The zero-order valence-corrected chi connectivity index (χ0v) is 19.0. The molecule has 1 fully saturated rings. The monoisotopic (exact) mass is 480 g/mol. The number of ether oxygens (including phenoxy) is 1. The lowest BCUT2D eigenvalue weighted by molar-refractivity contribution is -0.137. The molecule has 1 aromatic carbocycles. The van der Waals surface area contributed by atoms with E-state index in [9.17, 15) is 18.0 Å². The number of aromatic nitrogens is 3. The number of fused-ring (bicyclic) bond motifs is 1. The molecule has 1 amide bonds. The van der Waals surface area contributed by atoms with Crippen LogP contribution in [0.25, 0.3) is 16.8 Å². The number of benzene rings is 1. The molecule has 0 bridgehead atoms. The maximum atomic E-state index is 14.0. The van der Waals surface area contributed by atoms with Gasteiger partial charge in [-0.3, -0.25) is 4.79 Å². The molecule has 0 radical (unpaired) electrons. The molecule has 0 N–H and O–H groups in total. The standard InChI is InChI=1S/C26H23F3N4O2/c1-25(17-35-21-12-11-19(16-30-21)26(27,28)29)13-7-14-32(25)24(34)22-20-10-5-6-15-33(20)31-23(22)18-8-3-2-4-9-18/h2-6,8-12,15-16H,7,13-14,17H2,1H3/t25-/m0/s1. The number of amides is 1. The number of likely N-dealkylation sites (tertiary alicyclic amines) is 1. The van der Waals surface area contributed by atoms with E-state index in [4.69, 9.17) is 4.74 Å². The van der Waals surface area contributed by atoms with E-state index in [1.807, 2.05) is 55.5 Å². The first-order valence-electron chi connectivity index (χ1n) is 11.3. The van der Waals surface area contributed by atoms with Crippen LogP contribution in [0.4, 0.5) is 13.2 Å². The Labute approximate surface area is 200 Å². The summed E-state index contributed by atoms with van der Waals surface area (Å²) in [5.41, 5.74) is 1.16. The molecule has 1 aliphatic rings. The largest absolute Gasteiger partial charge is 0.475 e. The van der Waals surface area contributed by atoms with Crippen LogP contribution in [0.1, 0.15) is 35.7 Å². The van der Waals surface area contributed by atoms with Crippen LogP contribution in [0, 0.1) is 0 Å². The van der Waals surface area contributed by atoms with Gasteiger partial charge < -0.3 is 9.64 Å². The summed E-state index contributed by atoms with van der Waals surface area (Å²) < 4.78 is 45.9. The molecule has 9 heteroatoms. The van der Waals surface area contributed by atoms with Crippen LogP contribution in [-0.4, -0.2) is 44.1 Å². The highest BCUT2D eigenvalue weighted by molar-refractivity contribution is 6.06. The first-order chi connectivity index (χ1) is 16.8. The molecule has 5 rings (SSSR count). The van der Waals surface area contributed by atoms with E-state index < -0.39 is 17.3 Å². The van der Waals surface area contributed by atoms with Crippen molar-refractivity contribution in [1.82, 2.24) is 19.5 Å². The summed E-state index contributed by atoms with van der Waals surface area (Å²) in [6.45, 7) is 2.57. The highest BCUT2D eigenvalue weighted by Gasteiger charge is 2.42. The fourth-order valence-electron chi connectivity index (χ4n) is 4.53. The molecule has 4 heterocycles. The maximum absolute atomic E-state index is 14.0. The fraction of sp³-hybridized carbons (Fsp3) is 0.269. The number of carbonyl (C=O) groups excluding carboxylic acids is 1. The quantitative estimate of drug-likeness (QED) is 0.379. The Kier molecular flexibility index (Phi) is 5.70. The van der Waals surface area contributed by atoms with Crippen molar-refractivity contribution in [2.45, 2.75) is 31.5 Å². The van der Waals surface area contributed by atoms with Gasteiger partial charge in [0.05, 0.1) is 22.2 Å². The minimum absolute atomic E-state index is 0.0829. The maximum Gasteiger partial charge on any atom is 0.417 e. The predicted molar refractivity (Wildman–Crippen MR) is 124 cm³/mol. The van der Waals surface area contributed by atoms with E-state index in [2.05, 4.69) is 10.1 Å². The third-order valence-electron chi connectivity index (χ3n) is 6.39. The zero-order chi connectivity index (χ0) is 24.6. The van der Waals surface area contributed by atoms with Crippen molar-refractivity contribution in [2.75, 3.05) is 13.2 Å². The molecule has 35 heavy (non-hydrogen) atoms. The molecule has 4 aromatic rings. The van der Waals surface area contributed by atoms with Gasteiger partial charge in [-0.2, -0.15) is 18.3 Å². The van der Waals surface area contributed by atoms with Gasteiger partial charge in [0.25, 0.3) is 5.91 Å². The normalized spacial score (nSPS) is 18.2. The Morgan fingerprint density at radius 3 is 2.57 bits per heavy atom. The third kappa shape index (κ3) is 4.34. The summed E-state index contributed by atoms with van der Waals surface area (Å²) in [4.78, 5) is 19.6. The molecule has 1 aliphatic heterocycles. The lowest BCUT2D eigenvalue weighted by Crippen LogP contribution is -2.49. The third-order valence-corrected chi connectivity index (χ3v) is 6.39. The van der Waals surface area contributed by atoms with Crippen molar-refractivity contribution in [3.05, 3.63) is 84.2 Å². The van der Waals surface area contributed by atoms with Crippen LogP contribution in [0.5, 0.6) is 5.88 Å².